The number of amides is 1. The first-order valence-electron chi connectivity index (χ1n) is 7.03. The van der Waals surface area contributed by atoms with E-state index < -0.39 is 5.97 Å². The number of hydrogen-bond acceptors (Lipinski definition) is 4. The summed E-state index contributed by atoms with van der Waals surface area (Å²) >= 11 is 1.32. The third-order valence-electron chi connectivity index (χ3n) is 3.05. The number of carbonyl (C=O) groups excluding carboxylic acids is 1. The Morgan fingerprint density at radius 3 is 2.50 bits per heavy atom. The minimum absolute atomic E-state index is 0.0752. The number of aromatic carboxylic acids is 1. The van der Waals surface area contributed by atoms with Gasteiger partial charge in [0.25, 0.3) is 0 Å². The first-order valence-corrected chi connectivity index (χ1v) is 7.91. The van der Waals surface area contributed by atoms with Gasteiger partial charge in [0, 0.05) is 24.3 Å². The molecular weight excluding hydrogens is 276 g/mol. The van der Waals surface area contributed by atoms with Crippen molar-refractivity contribution in [1.82, 2.24) is 10.3 Å². The van der Waals surface area contributed by atoms with Gasteiger partial charge in [-0.1, -0.05) is 26.7 Å². The van der Waals surface area contributed by atoms with Crippen molar-refractivity contribution in [2.45, 2.75) is 46.0 Å². The van der Waals surface area contributed by atoms with Gasteiger partial charge >= 0.3 is 5.97 Å². The number of carboxylic acids is 1. The predicted molar refractivity (Wildman–Crippen MR) is 79.1 cm³/mol. The molecule has 1 amide bonds. The zero-order chi connectivity index (χ0) is 15.0. The summed E-state index contributed by atoms with van der Waals surface area (Å²) in [5, 5.41) is 14.0. The third kappa shape index (κ3) is 5.28. The molecule has 0 atom stereocenters. The second-order valence-corrected chi connectivity index (χ2v) is 5.69. The maximum Gasteiger partial charge on any atom is 0.355 e. The molecule has 6 heteroatoms. The van der Waals surface area contributed by atoms with Crippen molar-refractivity contribution in [3.05, 3.63) is 16.1 Å². The zero-order valence-corrected chi connectivity index (χ0v) is 12.8. The lowest BCUT2D eigenvalue weighted by Gasteiger charge is -2.14. The largest absolute Gasteiger partial charge is 0.476 e. The molecule has 20 heavy (non-hydrogen) atoms. The van der Waals surface area contributed by atoms with E-state index in [1.54, 1.807) is 0 Å². The molecule has 2 N–H and O–H groups in total. The molecule has 0 saturated heterocycles. The Balaban J connectivity index is 2.38. The van der Waals surface area contributed by atoms with Gasteiger partial charge < -0.3 is 10.4 Å². The molecule has 0 spiro atoms. The van der Waals surface area contributed by atoms with E-state index in [1.807, 2.05) is 0 Å². The summed E-state index contributed by atoms with van der Waals surface area (Å²) in [5.74, 6) is -0.818. The minimum Gasteiger partial charge on any atom is -0.476 e. The number of carbonyl (C=O) groups is 2. The van der Waals surface area contributed by atoms with Gasteiger partial charge in [0.05, 0.1) is 5.01 Å². The molecule has 0 unspecified atom stereocenters. The molecule has 0 aliphatic carbocycles. The molecule has 0 aliphatic rings. The van der Waals surface area contributed by atoms with Crippen LogP contribution in [0, 0.1) is 5.92 Å². The maximum atomic E-state index is 12.0. The Bertz CT molecular complexity index is 439. The van der Waals surface area contributed by atoms with Crippen LogP contribution in [0.4, 0.5) is 0 Å². The Morgan fingerprint density at radius 1 is 1.35 bits per heavy atom. The lowest BCUT2D eigenvalue weighted by molar-refractivity contribution is -0.125. The smallest absolute Gasteiger partial charge is 0.355 e. The Morgan fingerprint density at radius 2 is 2.00 bits per heavy atom. The molecule has 112 valence electrons. The second kappa shape index (κ2) is 8.68. The fourth-order valence-electron chi connectivity index (χ4n) is 2.06. The van der Waals surface area contributed by atoms with Crippen molar-refractivity contribution < 1.29 is 14.7 Å². The molecule has 1 aromatic rings. The fraction of sp³-hybridized carbons (Fsp3) is 0.643. The molecule has 5 nitrogen and oxygen atoms in total. The van der Waals surface area contributed by atoms with Gasteiger partial charge in [-0.2, -0.15) is 0 Å². The van der Waals surface area contributed by atoms with Crippen LogP contribution in [0.15, 0.2) is 5.38 Å². The number of carboxylic acid groups (broad SMARTS) is 1. The summed E-state index contributed by atoms with van der Waals surface area (Å²) in [6.45, 7) is 4.67. The normalized spacial score (nSPS) is 10.8. The van der Waals surface area contributed by atoms with Gasteiger partial charge in [0.15, 0.2) is 5.69 Å². The molecule has 0 fully saturated rings. The second-order valence-electron chi connectivity index (χ2n) is 4.75. The number of hydrogen-bond donors (Lipinski definition) is 2. The van der Waals surface area contributed by atoms with Gasteiger partial charge in [0.2, 0.25) is 5.91 Å². The number of nitrogens with zero attached hydrogens (tertiary/aromatic N) is 1. The summed E-state index contributed by atoms with van der Waals surface area (Å²) in [5.41, 5.74) is 0.0752. The number of nitrogens with one attached hydrogen (secondary N) is 1. The number of rotatable bonds is 9. The quantitative estimate of drug-likeness (QED) is 0.734. The van der Waals surface area contributed by atoms with Crippen LogP contribution in [0.2, 0.25) is 0 Å². The van der Waals surface area contributed by atoms with Crippen molar-refractivity contribution in [2.24, 2.45) is 5.92 Å². The van der Waals surface area contributed by atoms with Gasteiger partial charge in [-0.05, 0) is 12.8 Å². The van der Waals surface area contributed by atoms with Crippen LogP contribution >= 0.6 is 11.3 Å². The van der Waals surface area contributed by atoms with E-state index in [0.717, 1.165) is 30.7 Å². The minimum atomic E-state index is -1.01. The molecule has 0 saturated carbocycles. The van der Waals surface area contributed by atoms with Gasteiger partial charge in [-0.3, -0.25) is 4.79 Å². The van der Waals surface area contributed by atoms with E-state index in [0.29, 0.717) is 13.0 Å². The molecule has 0 aliphatic heterocycles. The van der Waals surface area contributed by atoms with Crippen LogP contribution in [-0.2, 0) is 11.2 Å². The Kier molecular flexibility index (Phi) is 7.22. The third-order valence-corrected chi connectivity index (χ3v) is 3.96. The highest BCUT2D eigenvalue weighted by Gasteiger charge is 2.16. The van der Waals surface area contributed by atoms with E-state index in [-0.39, 0.29) is 17.5 Å². The molecule has 1 rings (SSSR count). The topological polar surface area (TPSA) is 79.3 Å². The highest BCUT2D eigenvalue weighted by Crippen LogP contribution is 2.14. The van der Waals surface area contributed by atoms with Crippen molar-refractivity contribution >= 4 is 23.2 Å². The van der Waals surface area contributed by atoms with E-state index in [4.69, 9.17) is 5.11 Å². The Hall–Kier alpha value is -1.43. The monoisotopic (exact) mass is 298 g/mol. The van der Waals surface area contributed by atoms with Crippen molar-refractivity contribution in [3.63, 3.8) is 0 Å². The fourth-order valence-corrected chi connectivity index (χ4v) is 2.84. The van der Waals surface area contributed by atoms with Gasteiger partial charge in [0.1, 0.15) is 0 Å². The van der Waals surface area contributed by atoms with Gasteiger partial charge in [-0.15, -0.1) is 11.3 Å². The van der Waals surface area contributed by atoms with Gasteiger partial charge in [-0.25, -0.2) is 9.78 Å². The van der Waals surface area contributed by atoms with E-state index in [2.05, 4.69) is 24.1 Å². The first-order chi connectivity index (χ1) is 9.58. The van der Waals surface area contributed by atoms with E-state index in [1.165, 1.54) is 16.7 Å². The highest BCUT2D eigenvalue weighted by atomic mass is 32.1. The highest BCUT2D eigenvalue weighted by molar-refractivity contribution is 7.09. The SMILES string of the molecule is CCCC(CCC)C(=O)NCCc1nc(C(=O)O)cs1. The van der Waals surface area contributed by atoms with Crippen molar-refractivity contribution in [2.75, 3.05) is 6.54 Å². The van der Waals surface area contributed by atoms with Crippen LogP contribution < -0.4 is 5.32 Å². The molecule has 1 aromatic heterocycles. The number of thiazole rings is 1. The first kappa shape index (κ1) is 16.6. The van der Waals surface area contributed by atoms with E-state index in [9.17, 15) is 9.59 Å². The predicted octanol–water partition coefficient (Wildman–Crippen LogP) is 2.72. The average molecular weight is 298 g/mol. The summed E-state index contributed by atoms with van der Waals surface area (Å²) in [6.07, 6.45) is 4.42. The lowest BCUT2D eigenvalue weighted by Crippen LogP contribution is -2.32. The molecular formula is C14H22N2O3S. The van der Waals surface area contributed by atoms with Crippen molar-refractivity contribution in [1.29, 1.82) is 0 Å². The molecule has 0 aromatic carbocycles. The summed E-state index contributed by atoms with van der Waals surface area (Å²) < 4.78 is 0. The molecule has 0 radical (unpaired) electrons. The summed E-state index contributed by atoms with van der Waals surface area (Å²) in [7, 11) is 0. The lowest BCUT2D eigenvalue weighted by atomic mass is 9.97. The standard InChI is InChI=1S/C14H22N2O3S/c1-3-5-10(6-4-2)13(17)15-8-7-12-16-11(9-20-12)14(18)19/h9-10H,3-8H2,1-2H3,(H,15,17)(H,18,19). The van der Waals surface area contributed by atoms with Crippen LogP contribution in [0.5, 0.6) is 0 Å². The van der Waals surface area contributed by atoms with Crippen LogP contribution in [0.1, 0.15) is 55.0 Å². The molecule has 0 bridgehead atoms. The van der Waals surface area contributed by atoms with Crippen LogP contribution in [0.25, 0.3) is 0 Å². The van der Waals surface area contributed by atoms with Crippen molar-refractivity contribution in [3.8, 4) is 0 Å². The number of aromatic nitrogens is 1. The summed E-state index contributed by atoms with van der Waals surface area (Å²) in [6, 6.07) is 0. The zero-order valence-electron chi connectivity index (χ0n) is 12.0. The Labute approximate surface area is 123 Å². The average Bonchev–Trinajstić information content (AvgIpc) is 2.87. The van der Waals surface area contributed by atoms with E-state index >= 15 is 0 Å². The van der Waals surface area contributed by atoms with Crippen LogP contribution in [0.3, 0.4) is 0 Å². The van der Waals surface area contributed by atoms with Crippen LogP contribution in [-0.4, -0.2) is 28.5 Å². The molecule has 1 heterocycles. The maximum absolute atomic E-state index is 12.0. The summed E-state index contributed by atoms with van der Waals surface area (Å²) in [4.78, 5) is 26.7.